The van der Waals surface area contributed by atoms with Gasteiger partial charge in [0.1, 0.15) is 0 Å². The van der Waals surface area contributed by atoms with Crippen LogP contribution in [-0.4, -0.2) is 36.2 Å². The van der Waals surface area contributed by atoms with Crippen molar-refractivity contribution in [3.05, 3.63) is 59.9 Å². The lowest BCUT2D eigenvalue weighted by Gasteiger charge is -2.32. The second-order valence-electron chi connectivity index (χ2n) is 6.52. The van der Waals surface area contributed by atoms with Crippen LogP contribution in [0.3, 0.4) is 0 Å². The Hall–Kier alpha value is -2.25. The molecule has 0 aliphatic carbocycles. The van der Waals surface area contributed by atoms with E-state index in [2.05, 4.69) is 10.3 Å². The summed E-state index contributed by atoms with van der Waals surface area (Å²) in [5.41, 5.74) is 1.39. The minimum atomic E-state index is -3.51. The van der Waals surface area contributed by atoms with E-state index in [1.807, 2.05) is 19.1 Å². The highest BCUT2D eigenvalue weighted by Gasteiger charge is 2.30. The van der Waals surface area contributed by atoms with E-state index >= 15 is 0 Å². The van der Waals surface area contributed by atoms with Crippen LogP contribution in [0.25, 0.3) is 0 Å². The van der Waals surface area contributed by atoms with Crippen molar-refractivity contribution in [1.82, 2.24) is 14.6 Å². The highest BCUT2D eigenvalue weighted by molar-refractivity contribution is 7.89. The van der Waals surface area contributed by atoms with Crippen molar-refractivity contribution < 1.29 is 13.2 Å². The van der Waals surface area contributed by atoms with Gasteiger partial charge in [0.2, 0.25) is 10.0 Å². The predicted molar refractivity (Wildman–Crippen MR) is 99.1 cm³/mol. The molecule has 1 unspecified atom stereocenters. The molecule has 1 N–H and O–H groups in total. The third-order valence-electron chi connectivity index (χ3n) is 4.67. The zero-order chi connectivity index (χ0) is 18.6. The number of amides is 1. The molecule has 6 nitrogen and oxygen atoms in total. The molecule has 1 saturated heterocycles. The van der Waals surface area contributed by atoms with Gasteiger partial charge in [0.25, 0.3) is 5.91 Å². The lowest BCUT2D eigenvalue weighted by Crippen LogP contribution is -2.41. The summed E-state index contributed by atoms with van der Waals surface area (Å²) in [5.74, 6) is -0.239. The number of carbonyl (C=O) groups excluding carboxylic acids is 1. The maximum Gasteiger partial charge on any atom is 0.251 e. The van der Waals surface area contributed by atoms with E-state index in [1.165, 1.54) is 12.1 Å². The number of rotatable bonds is 5. The summed E-state index contributed by atoms with van der Waals surface area (Å²) in [6, 6.07) is 9.81. The largest absolute Gasteiger partial charge is 0.348 e. The monoisotopic (exact) mass is 373 g/mol. The highest BCUT2D eigenvalue weighted by Crippen LogP contribution is 2.25. The molecule has 26 heavy (non-hydrogen) atoms. The number of piperidine rings is 1. The molecular weight excluding hydrogens is 350 g/mol. The predicted octanol–water partition coefficient (Wildman–Crippen LogP) is 2.57. The van der Waals surface area contributed by atoms with Crippen LogP contribution >= 0.6 is 0 Å². The van der Waals surface area contributed by atoms with Crippen molar-refractivity contribution in [3.8, 4) is 0 Å². The van der Waals surface area contributed by atoms with Crippen LogP contribution in [-0.2, 0) is 16.6 Å². The number of carbonyl (C=O) groups is 1. The Kier molecular flexibility index (Phi) is 5.68. The van der Waals surface area contributed by atoms with Crippen LogP contribution in [0.4, 0.5) is 0 Å². The first-order valence-corrected chi connectivity index (χ1v) is 10.2. The molecule has 2 aromatic rings. The number of benzene rings is 1. The Labute approximate surface area is 154 Å². The average Bonchev–Trinajstić information content (AvgIpc) is 2.67. The van der Waals surface area contributed by atoms with Crippen molar-refractivity contribution in [2.75, 3.05) is 6.54 Å². The van der Waals surface area contributed by atoms with Crippen molar-refractivity contribution in [1.29, 1.82) is 0 Å². The first kappa shape index (κ1) is 18.5. The lowest BCUT2D eigenvalue weighted by molar-refractivity contribution is 0.0950. The molecule has 1 aromatic heterocycles. The maximum atomic E-state index is 12.8. The number of hydrogen-bond acceptors (Lipinski definition) is 4. The van der Waals surface area contributed by atoms with Gasteiger partial charge < -0.3 is 5.32 Å². The SMILES string of the molecule is CC1CCCCN1S(=O)(=O)c1ccc(C(=O)NCc2ccncc2)cc1. The number of aromatic nitrogens is 1. The number of nitrogens with zero attached hydrogens (tertiary/aromatic N) is 2. The minimum absolute atomic E-state index is 0.0112. The second kappa shape index (κ2) is 7.97. The Morgan fingerprint density at radius 2 is 1.85 bits per heavy atom. The van der Waals surface area contributed by atoms with E-state index < -0.39 is 10.0 Å². The maximum absolute atomic E-state index is 12.8. The molecule has 1 aliphatic rings. The summed E-state index contributed by atoms with van der Waals surface area (Å²) >= 11 is 0. The van der Waals surface area contributed by atoms with Crippen molar-refractivity contribution >= 4 is 15.9 Å². The van der Waals surface area contributed by atoms with Crippen molar-refractivity contribution in [2.24, 2.45) is 0 Å². The standard InChI is InChI=1S/C19H23N3O3S/c1-15-4-2-3-13-22(15)26(24,25)18-7-5-17(6-8-18)19(23)21-14-16-9-11-20-12-10-16/h5-12,15H,2-4,13-14H2,1H3,(H,21,23). The van der Waals surface area contributed by atoms with Gasteiger partial charge in [-0.25, -0.2) is 8.42 Å². The van der Waals surface area contributed by atoms with Gasteiger partial charge in [-0.15, -0.1) is 0 Å². The molecule has 0 saturated carbocycles. The molecule has 0 bridgehead atoms. The summed E-state index contributed by atoms with van der Waals surface area (Å²) in [4.78, 5) is 16.4. The van der Waals surface area contributed by atoms with E-state index in [-0.39, 0.29) is 16.8 Å². The Morgan fingerprint density at radius 1 is 1.15 bits per heavy atom. The molecule has 1 amide bonds. The summed E-state index contributed by atoms with van der Waals surface area (Å²) < 4.78 is 27.2. The van der Waals surface area contributed by atoms with Crippen LogP contribution in [0.2, 0.25) is 0 Å². The van der Waals surface area contributed by atoms with E-state index in [0.29, 0.717) is 18.7 Å². The molecule has 0 radical (unpaired) electrons. The van der Waals surface area contributed by atoms with E-state index in [1.54, 1.807) is 28.8 Å². The van der Waals surface area contributed by atoms with Gasteiger partial charge in [0.05, 0.1) is 4.90 Å². The van der Waals surface area contributed by atoms with E-state index in [4.69, 9.17) is 0 Å². The van der Waals surface area contributed by atoms with Gasteiger partial charge in [-0.3, -0.25) is 9.78 Å². The number of pyridine rings is 1. The third kappa shape index (κ3) is 4.11. The smallest absolute Gasteiger partial charge is 0.251 e. The molecule has 1 fully saturated rings. The van der Waals surface area contributed by atoms with Gasteiger partial charge in [-0.1, -0.05) is 6.42 Å². The Balaban J connectivity index is 1.68. The van der Waals surface area contributed by atoms with E-state index in [9.17, 15) is 13.2 Å². The second-order valence-corrected chi connectivity index (χ2v) is 8.41. The average molecular weight is 373 g/mol. The summed E-state index contributed by atoms with van der Waals surface area (Å²) in [6.07, 6.45) is 6.17. The molecule has 1 aromatic carbocycles. The van der Waals surface area contributed by atoms with Crippen molar-refractivity contribution in [2.45, 2.75) is 43.7 Å². The Bertz CT molecular complexity index is 851. The summed E-state index contributed by atoms with van der Waals surface area (Å²) in [7, 11) is -3.51. The topological polar surface area (TPSA) is 79.4 Å². The van der Waals surface area contributed by atoms with Crippen molar-refractivity contribution in [3.63, 3.8) is 0 Å². The normalized spacial score (nSPS) is 18.4. The van der Waals surface area contributed by atoms with Crippen LogP contribution in [0.5, 0.6) is 0 Å². The van der Waals surface area contributed by atoms with Gasteiger partial charge in [0, 0.05) is 37.1 Å². The molecule has 138 valence electrons. The fourth-order valence-corrected chi connectivity index (χ4v) is 4.83. The van der Waals surface area contributed by atoms with Gasteiger partial charge in [-0.2, -0.15) is 4.31 Å². The van der Waals surface area contributed by atoms with Crippen LogP contribution < -0.4 is 5.32 Å². The van der Waals surface area contributed by atoms with Crippen LogP contribution in [0, 0.1) is 0 Å². The van der Waals surface area contributed by atoms with Crippen LogP contribution in [0.1, 0.15) is 42.1 Å². The molecule has 3 rings (SSSR count). The zero-order valence-corrected chi connectivity index (χ0v) is 15.6. The molecule has 2 heterocycles. The molecule has 1 atom stereocenters. The fourth-order valence-electron chi connectivity index (χ4n) is 3.13. The quantitative estimate of drug-likeness (QED) is 0.874. The number of hydrogen-bond donors (Lipinski definition) is 1. The van der Waals surface area contributed by atoms with Crippen LogP contribution in [0.15, 0.2) is 53.7 Å². The fraction of sp³-hybridized carbons (Fsp3) is 0.368. The molecule has 7 heteroatoms. The van der Waals surface area contributed by atoms with E-state index in [0.717, 1.165) is 24.8 Å². The first-order chi connectivity index (χ1) is 12.5. The molecule has 0 spiro atoms. The third-order valence-corrected chi connectivity index (χ3v) is 6.70. The number of nitrogens with one attached hydrogen (secondary N) is 1. The molecular formula is C19H23N3O3S. The minimum Gasteiger partial charge on any atom is -0.348 e. The summed E-state index contributed by atoms with van der Waals surface area (Å²) in [6.45, 7) is 2.89. The zero-order valence-electron chi connectivity index (χ0n) is 14.8. The lowest BCUT2D eigenvalue weighted by atomic mass is 10.1. The Morgan fingerprint density at radius 3 is 2.50 bits per heavy atom. The van der Waals surface area contributed by atoms with Gasteiger partial charge in [-0.05, 0) is 61.7 Å². The molecule has 1 aliphatic heterocycles. The first-order valence-electron chi connectivity index (χ1n) is 8.77. The number of sulfonamides is 1. The summed E-state index contributed by atoms with van der Waals surface area (Å²) in [5, 5.41) is 2.82. The van der Waals surface area contributed by atoms with Gasteiger partial charge >= 0.3 is 0 Å². The van der Waals surface area contributed by atoms with Gasteiger partial charge in [0.15, 0.2) is 0 Å². The highest BCUT2D eigenvalue weighted by atomic mass is 32.2.